The summed E-state index contributed by atoms with van der Waals surface area (Å²) < 4.78 is 15.6. The molecule has 0 bridgehead atoms. The van der Waals surface area contributed by atoms with E-state index in [1.165, 1.54) is 21.5 Å². The minimum absolute atomic E-state index is 0.238. The van der Waals surface area contributed by atoms with Gasteiger partial charge in [-0.3, -0.25) is 4.90 Å². The van der Waals surface area contributed by atoms with Crippen LogP contribution in [0.2, 0.25) is 5.02 Å². The molecule has 1 saturated heterocycles. The lowest BCUT2D eigenvalue weighted by Crippen LogP contribution is -2.48. The van der Waals surface area contributed by atoms with Gasteiger partial charge in [-0.15, -0.1) is 0 Å². The number of hydrogen-bond acceptors (Lipinski definition) is 5. The zero-order valence-electron chi connectivity index (χ0n) is 14.5. The molecule has 1 aliphatic heterocycles. The van der Waals surface area contributed by atoms with Crippen molar-refractivity contribution in [2.45, 2.75) is 6.67 Å². The molecule has 0 spiro atoms. The van der Waals surface area contributed by atoms with Gasteiger partial charge in [-0.05, 0) is 46.8 Å². The van der Waals surface area contributed by atoms with Gasteiger partial charge in [-0.25, -0.2) is 9.18 Å². The van der Waals surface area contributed by atoms with E-state index in [2.05, 4.69) is 20.2 Å². The molecule has 4 rings (SSSR count). The first kappa shape index (κ1) is 17.7. The van der Waals surface area contributed by atoms with Crippen LogP contribution in [0.15, 0.2) is 53.3 Å². The van der Waals surface area contributed by atoms with E-state index in [0.717, 1.165) is 31.9 Å². The molecule has 2 heterocycles. The Hall–Kier alpha value is -2.71. The quantitative estimate of drug-likeness (QED) is 0.684. The molecule has 0 saturated carbocycles. The third kappa shape index (κ3) is 3.72. The summed E-state index contributed by atoms with van der Waals surface area (Å²) >= 11 is 6.14. The average Bonchev–Trinajstić information content (AvgIpc) is 3.04. The maximum Gasteiger partial charge on any atom is 0.369 e. The van der Waals surface area contributed by atoms with Crippen LogP contribution >= 0.6 is 11.6 Å². The van der Waals surface area contributed by atoms with Gasteiger partial charge in [0.25, 0.3) is 0 Å². The van der Waals surface area contributed by atoms with E-state index in [0.29, 0.717) is 17.4 Å². The second-order valence-electron chi connectivity index (χ2n) is 6.35. The standard InChI is InChI=1S/C18H18ClFN6O/c19-16-3-1-2-4-17(16)26-18(27)25(21-22-26)13-23-9-11-24(12-10-23)15-7-5-14(20)6-8-15/h1-8H,9-13H2. The van der Waals surface area contributed by atoms with Crippen molar-refractivity contribution in [1.29, 1.82) is 0 Å². The van der Waals surface area contributed by atoms with Gasteiger partial charge in [0.15, 0.2) is 0 Å². The van der Waals surface area contributed by atoms with Crippen LogP contribution in [-0.4, -0.2) is 50.9 Å². The average molecular weight is 389 g/mol. The summed E-state index contributed by atoms with van der Waals surface area (Å²) in [7, 11) is 0. The molecule has 1 aliphatic rings. The lowest BCUT2D eigenvalue weighted by molar-refractivity contribution is 0.191. The molecule has 0 atom stereocenters. The minimum Gasteiger partial charge on any atom is -0.369 e. The fraction of sp³-hybridized carbons (Fsp3) is 0.278. The van der Waals surface area contributed by atoms with Crippen molar-refractivity contribution in [3.63, 3.8) is 0 Å². The van der Waals surface area contributed by atoms with Crippen molar-refractivity contribution in [3.05, 3.63) is 69.9 Å². The number of halogens is 2. The summed E-state index contributed by atoms with van der Waals surface area (Å²) in [4.78, 5) is 16.9. The molecule has 27 heavy (non-hydrogen) atoms. The highest BCUT2D eigenvalue weighted by Crippen LogP contribution is 2.18. The highest BCUT2D eigenvalue weighted by molar-refractivity contribution is 6.32. The van der Waals surface area contributed by atoms with Crippen LogP contribution in [0, 0.1) is 5.82 Å². The molecule has 0 radical (unpaired) electrons. The van der Waals surface area contributed by atoms with Gasteiger partial charge < -0.3 is 4.90 Å². The van der Waals surface area contributed by atoms with E-state index in [9.17, 15) is 9.18 Å². The summed E-state index contributed by atoms with van der Waals surface area (Å²) in [5, 5.41) is 8.36. The number of rotatable bonds is 4. The number of para-hydroxylation sites is 1. The summed E-state index contributed by atoms with van der Waals surface area (Å²) in [5.74, 6) is -0.238. The Morgan fingerprint density at radius 1 is 0.963 bits per heavy atom. The van der Waals surface area contributed by atoms with E-state index < -0.39 is 0 Å². The van der Waals surface area contributed by atoms with Gasteiger partial charge >= 0.3 is 5.69 Å². The first-order valence-corrected chi connectivity index (χ1v) is 9.00. The first-order chi connectivity index (χ1) is 13.1. The summed E-state index contributed by atoms with van der Waals surface area (Å²) in [6.45, 7) is 3.48. The molecule has 0 aliphatic carbocycles. The van der Waals surface area contributed by atoms with Crippen LogP contribution in [0.25, 0.3) is 5.69 Å². The predicted molar refractivity (Wildman–Crippen MR) is 101 cm³/mol. The van der Waals surface area contributed by atoms with E-state index >= 15 is 0 Å². The number of benzene rings is 2. The Bertz CT molecular complexity index is 978. The highest BCUT2D eigenvalue weighted by atomic mass is 35.5. The Kier molecular flexibility index (Phi) is 4.91. The molecule has 2 aromatic carbocycles. The van der Waals surface area contributed by atoms with Crippen molar-refractivity contribution < 1.29 is 4.39 Å². The fourth-order valence-electron chi connectivity index (χ4n) is 3.13. The Morgan fingerprint density at radius 3 is 2.37 bits per heavy atom. The third-order valence-corrected chi connectivity index (χ3v) is 4.94. The Labute approximate surface area is 160 Å². The van der Waals surface area contributed by atoms with E-state index in [4.69, 9.17) is 11.6 Å². The van der Waals surface area contributed by atoms with Gasteiger partial charge in [0.05, 0.1) is 10.7 Å². The molecule has 1 aromatic heterocycles. The molecule has 7 nitrogen and oxygen atoms in total. The number of tetrazole rings is 1. The molecule has 1 fully saturated rings. The molecular weight excluding hydrogens is 371 g/mol. The number of anilines is 1. The third-order valence-electron chi connectivity index (χ3n) is 4.62. The van der Waals surface area contributed by atoms with Crippen LogP contribution in [0.5, 0.6) is 0 Å². The second-order valence-corrected chi connectivity index (χ2v) is 6.75. The molecule has 140 valence electrons. The van der Waals surface area contributed by atoms with Gasteiger partial charge in [-0.2, -0.15) is 9.36 Å². The van der Waals surface area contributed by atoms with Gasteiger partial charge in [0.2, 0.25) is 0 Å². The molecule has 9 heteroatoms. The van der Waals surface area contributed by atoms with E-state index in [1.54, 1.807) is 36.4 Å². The maximum atomic E-state index is 13.1. The fourth-order valence-corrected chi connectivity index (χ4v) is 3.34. The maximum absolute atomic E-state index is 13.1. The van der Waals surface area contributed by atoms with Crippen LogP contribution in [0.4, 0.5) is 10.1 Å². The second kappa shape index (κ2) is 7.50. The SMILES string of the molecule is O=c1n(CN2CCN(c3ccc(F)cc3)CC2)nnn1-c1ccccc1Cl. The van der Waals surface area contributed by atoms with Crippen molar-refractivity contribution in [2.24, 2.45) is 0 Å². The van der Waals surface area contributed by atoms with Crippen LogP contribution in [-0.2, 0) is 6.67 Å². The summed E-state index contributed by atoms with van der Waals surface area (Å²) in [6.07, 6.45) is 0. The number of piperazine rings is 1. The van der Waals surface area contributed by atoms with Gasteiger partial charge in [-0.1, -0.05) is 23.7 Å². The van der Waals surface area contributed by atoms with Crippen LogP contribution < -0.4 is 10.6 Å². The van der Waals surface area contributed by atoms with Crippen LogP contribution in [0.1, 0.15) is 0 Å². The highest BCUT2D eigenvalue weighted by Gasteiger charge is 2.19. The van der Waals surface area contributed by atoms with Gasteiger partial charge in [0, 0.05) is 31.9 Å². The van der Waals surface area contributed by atoms with E-state index in [1.807, 2.05) is 0 Å². The minimum atomic E-state index is -0.330. The molecule has 0 N–H and O–H groups in total. The van der Waals surface area contributed by atoms with Gasteiger partial charge in [0.1, 0.15) is 12.5 Å². The van der Waals surface area contributed by atoms with Crippen molar-refractivity contribution >= 4 is 17.3 Å². The first-order valence-electron chi connectivity index (χ1n) is 8.62. The largest absolute Gasteiger partial charge is 0.369 e. The smallest absolute Gasteiger partial charge is 0.369 e. The van der Waals surface area contributed by atoms with Crippen molar-refractivity contribution in [1.82, 2.24) is 24.7 Å². The Balaban J connectivity index is 1.42. The normalized spacial score (nSPS) is 15.3. The number of nitrogens with zero attached hydrogens (tertiary/aromatic N) is 6. The molecular formula is C18H18ClFN6O. The summed E-state index contributed by atoms with van der Waals surface area (Å²) in [6, 6.07) is 13.5. The monoisotopic (exact) mass is 388 g/mol. The number of hydrogen-bond donors (Lipinski definition) is 0. The molecule has 0 unspecified atom stereocenters. The lowest BCUT2D eigenvalue weighted by Gasteiger charge is -2.35. The van der Waals surface area contributed by atoms with Crippen molar-refractivity contribution in [3.8, 4) is 5.69 Å². The van der Waals surface area contributed by atoms with E-state index in [-0.39, 0.29) is 11.5 Å². The zero-order valence-corrected chi connectivity index (χ0v) is 15.3. The molecule has 0 amide bonds. The predicted octanol–water partition coefficient (Wildman–Crippen LogP) is 2.00. The lowest BCUT2D eigenvalue weighted by atomic mass is 10.2. The Morgan fingerprint density at radius 2 is 1.67 bits per heavy atom. The topological polar surface area (TPSA) is 59.2 Å². The summed E-state index contributed by atoms with van der Waals surface area (Å²) in [5.41, 5.74) is 1.18. The molecule has 3 aromatic rings. The number of aromatic nitrogens is 4. The van der Waals surface area contributed by atoms with Crippen molar-refractivity contribution in [2.75, 3.05) is 31.1 Å². The van der Waals surface area contributed by atoms with Crippen LogP contribution in [0.3, 0.4) is 0 Å². The zero-order chi connectivity index (χ0) is 18.8.